The Labute approximate surface area is 137 Å². The van der Waals surface area contributed by atoms with Crippen LogP contribution in [0.1, 0.15) is 36.4 Å². The van der Waals surface area contributed by atoms with Gasteiger partial charge in [0.2, 0.25) is 5.91 Å². The Morgan fingerprint density at radius 2 is 2.27 bits per heavy atom. The molecule has 1 atom stereocenters. The Bertz CT molecular complexity index is 1140. The summed E-state index contributed by atoms with van der Waals surface area (Å²) in [6.07, 6.45) is -7.26. The average molecular weight is 308 g/mol. The standard InChI is InChI=1S/C15H16N4O3/c1-8-17-10-5-3-4-9(16)12(10)13(21)19(8)15(2)7-6-11(20)18-14(15)22/h3-5H,6-7,16H2,1-2H3,(H,18,20,22)/i1D,2D3,6D2,7D2. The number of aryl methyl sites for hydroxylation is 1. The van der Waals surface area contributed by atoms with E-state index in [0.29, 0.717) is 0 Å². The van der Waals surface area contributed by atoms with Gasteiger partial charge in [-0.2, -0.15) is 0 Å². The van der Waals surface area contributed by atoms with Gasteiger partial charge >= 0.3 is 0 Å². The molecule has 0 aliphatic carbocycles. The fourth-order valence-electron chi connectivity index (χ4n) is 2.23. The van der Waals surface area contributed by atoms with E-state index in [1.807, 2.05) is 0 Å². The van der Waals surface area contributed by atoms with Crippen molar-refractivity contribution in [3.63, 3.8) is 0 Å². The third-order valence-electron chi connectivity index (χ3n) is 3.25. The zero-order valence-corrected chi connectivity index (χ0v) is 11.1. The van der Waals surface area contributed by atoms with Gasteiger partial charge in [-0.3, -0.25) is 24.3 Å². The van der Waals surface area contributed by atoms with Crippen LogP contribution in [-0.4, -0.2) is 21.4 Å². The van der Waals surface area contributed by atoms with Crippen LogP contribution in [0.2, 0.25) is 0 Å². The molecule has 3 rings (SSSR count). The zero-order valence-electron chi connectivity index (χ0n) is 19.1. The number of rotatable bonds is 1. The van der Waals surface area contributed by atoms with Crippen molar-refractivity contribution in [1.29, 1.82) is 0 Å². The number of nitrogens with zero attached hydrogens (tertiary/aromatic N) is 2. The molecular weight excluding hydrogens is 284 g/mol. The Balaban J connectivity index is 2.63. The number of piperidine rings is 1. The normalized spacial score (nSPS) is 32.4. The van der Waals surface area contributed by atoms with Gasteiger partial charge in [-0.1, -0.05) is 6.07 Å². The number of nitrogens with one attached hydrogen (secondary N) is 1. The van der Waals surface area contributed by atoms with E-state index < -0.39 is 55.2 Å². The van der Waals surface area contributed by atoms with E-state index in [0.717, 1.165) is 0 Å². The van der Waals surface area contributed by atoms with Gasteiger partial charge in [0.15, 0.2) is 0 Å². The molecule has 0 spiro atoms. The Hall–Kier alpha value is -2.70. The third kappa shape index (κ3) is 1.89. The molecule has 1 aliphatic heterocycles. The van der Waals surface area contributed by atoms with Crippen molar-refractivity contribution in [3.05, 3.63) is 34.4 Å². The molecule has 1 unspecified atom stereocenters. The number of nitrogens with two attached hydrogens (primary N) is 1. The molecule has 2 heterocycles. The van der Waals surface area contributed by atoms with Crippen LogP contribution in [0, 0.1) is 6.90 Å². The predicted molar refractivity (Wildman–Crippen MR) is 81.2 cm³/mol. The first-order valence-corrected chi connectivity index (χ1v) is 6.12. The summed E-state index contributed by atoms with van der Waals surface area (Å²) in [4.78, 5) is 42.3. The molecule has 7 nitrogen and oxygen atoms in total. The number of anilines is 1. The summed E-state index contributed by atoms with van der Waals surface area (Å²) in [6, 6.07) is 4.11. The minimum atomic E-state index is -3.74. The van der Waals surface area contributed by atoms with Crippen LogP contribution < -0.4 is 16.6 Å². The van der Waals surface area contributed by atoms with E-state index in [1.165, 1.54) is 23.5 Å². The van der Waals surface area contributed by atoms with Gasteiger partial charge in [-0.15, -0.1) is 0 Å². The van der Waals surface area contributed by atoms with Gasteiger partial charge in [0, 0.05) is 23.0 Å². The number of nitrogen functional groups attached to an aromatic ring is 1. The Morgan fingerprint density at radius 3 is 3.00 bits per heavy atom. The molecule has 1 aliphatic rings. The molecule has 2 amide bonds. The maximum absolute atomic E-state index is 13.4. The lowest BCUT2D eigenvalue weighted by molar-refractivity contribution is -0.140. The van der Waals surface area contributed by atoms with Crippen LogP contribution in [0.4, 0.5) is 5.69 Å². The molecule has 1 saturated heterocycles. The van der Waals surface area contributed by atoms with Crippen LogP contribution in [0.25, 0.3) is 10.9 Å². The van der Waals surface area contributed by atoms with Crippen LogP contribution in [0.3, 0.4) is 0 Å². The highest BCUT2D eigenvalue weighted by molar-refractivity contribution is 6.01. The summed E-state index contributed by atoms with van der Waals surface area (Å²) in [6.45, 7) is -4.53. The average Bonchev–Trinajstić information content (AvgIpc) is 2.61. The maximum Gasteiger partial charge on any atom is 0.264 e. The van der Waals surface area contributed by atoms with Gasteiger partial charge in [0.05, 0.1) is 10.9 Å². The lowest BCUT2D eigenvalue weighted by Gasteiger charge is -2.34. The van der Waals surface area contributed by atoms with Crippen molar-refractivity contribution in [2.75, 3.05) is 5.73 Å². The first-order chi connectivity index (χ1) is 13.7. The van der Waals surface area contributed by atoms with Crippen LogP contribution >= 0.6 is 0 Å². The first-order valence-electron chi connectivity index (χ1n) is 10.3. The van der Waals surface area contributed by atoms with Crippen LogP contribution in [0.15, 0.2) is 23.0 Å². The smallest absolute Gasteiger partial charge is 0.264 e. The zero-order chi connectivity index (χ0) is 22.9. The second kappa shape index (κ2) is 4.66. The monoisotopic (exact) mass is 308 g/mol. The van der Waals surface area contributed by atoms with Crippen molar-refractivity contribution in [3.8, 4) is 0 Å². The molecule has 0 radical (unpaired) electrons. The summed E-state index contributed by atoms with van der Waals surface area (Å²) >= 11 is 0. The Morgan fingerprint density at radius 1 is 1.45 bits per heavy atom. The molecule has 1 aromatic carbocycles. The van der Waals surface area contributed by atoms with Crippen molar-refractivity contribution >= 4 is 28.4 Å². The number of fused-ring (bicyclic) bond motifs is 1. The lowest BCUT2D eigenvalue weighted by atomic mass is 9.90. The number of carbonyl (C=O) groups is 2. The third-order valence-corrected chi connectivity index (χ3v) is 3.25. The summed E-state index contributed by atoms with van der Waals surface area (Å²) < 4.78 is 64.0. The fraction of sp³-hybridized carbons (Fsp3) is 0.333. The van der Waals surface area contributed by atoms with E-state index in [9.17, 15) is 14.4 Å². The minimum Gasteiger partial charge on any atom is -0.398 e. The van der Waals surface area contributed by atoms with Gasteiger partial charge in [-0.05, 0) is 32.3 Å². The SMILES string of the molecule is [2H]Cc1nc2cccc(N)c2c(=O)n1C1(C([2H])([2H])[2H])C(=O)NC(=O)C([2H])([2H])C1([2H])[2H]. The van der Waals surface area contributed by atoms with E-state index in [2.05, 4.69) is 4.98 Å². The van der Waals surface area contributed by atoms with Crippen LogP contribution in [-0.2, 0) is 15.1 Å². The molecule has 7 heteroatoms. The number of hydrogen-bond acceptors (Lipinski definition) is 5. The van der Waals surface area contributed by atoms with Crippen molar-refractivity contribution in [2.24, 2.45) is 0 Å². The summed E-state index contributed by atoms with van der Waals surface area (Å²) in [7, 11) is 0. The first kappa shape index (κ1) is 7.53. The number of hydrogen-bond donors (Lipinski definition) is 2. The molecule has 22 heavy (non-hydrogen) atoms. The van der Waals surface area contributed by atoms with Crippen LogP contribution in [0.5, 0.6) is 0 Å². The van der Waals surface area contributed by atoms with Crippen molar-refractivity contribution in [2.45, 2.75) is 32.0 Å². The predicted octanol–water partition coefficient (Wildman–Crippen LogP) is 0.439. The van der Waals surface area contributed by atoms with E-state index in [1.54, 1.807) is 0 Å². The molecular formula is C15H16N4O3. The van der Waals surface area contributed by atoms with E-state index in [4.69, 9.17) is 16.7 Å². The quantitative estimate of drug-likeness (QED) is 0.587. The Kier molecular flexibility index (Phi) is 1.59. The lowest BCUT2D eigenvalue weighted by Crippen LogP contribution is -2.56. The number of amides is 2. The van der Waals surface area contributed by atoms with E-state index >= 15 is 0 Å². The van der Waals surface area contributed by atoms with Crippen molar-refractivity contribution in [1.82, 2.24) is 14.9 Å². The summed E-state index contributed by atoms with van der Waals surface area (Å²) in [5.41, 5.74) is 0.852. The second-order valence-electron chi connectivity index (χ2n) is 4.65. The van der Waals surface area contributed by atoms with Crippen molar-refractivity contribution < 1.29 is 20.6 Å². The molecule has 1 aromatic heterocycles. The largest absolute Gasteiger partial charge is 0.398 e. The van der Waals surface area contributed by atoms with E-state index in [-0.39, 0.29) is 21.2 Å². The molecule has 2 aromatic rings. The fourth-order valence-corrected chi connectivity index (χ4v) is 2.23. The number of imide groups is 1. The summed E-state index contributed by atoms with van der Waals surface area (Å²) in [5.74, 6) is -4.05. The highest BCUT2D eigenvalue weighted by Crippen LogP contribution is 2.27. The highest BCUT2D eigenvalue weighted by Gasteiger charge is 2.42. The molecule has 1 fully saturated rings. The van der Waals surface area contributed by atoms with Gasteiger partial charge in [0.1, 0.15) is 11.4 Å². The highest BCUT2D eigenvalue weighted by atomic mass is 16.2. The molecule has 0 bridgehead atoms. The molecule has 114 valence electrons. The number of benzene rings is 1. The maximum atomic E-state index is 13.4. The second-order valence-corrected chi connectivity index (χ2v) is 4.65. The topological polar surface area (TPSA) is 107 Å². The van der Waals surface area contributed by atoms with Gasteiger partial charge in [0.25, 0.3) is 11.5 Å². The molecule has 0 saturated carbocycles. The molecule has 3 N–H and O–H groups in total. The van der Waals surface area contributed by atoms with Gasteiger partial charge < -0.3 is 5.73 Å². The number of carbonyl (C=O) groups excluding carboxylic acids is 2. The summed E-state index contributed by atoms with van der Waals surface area (Å²) in [5, 5.41) is 1.20. The number of aromatic nitrogens is 2. The van der Waals surface area contributed by atoms with Gasteiger partial charge in [-0.25, -0.2) is 4.98 Å². The minimum absolute atomic E-state index is 0.0185.